The van der Waals surface area contributed by atoms with Crippen molar-refractivity contribution in [3.63, 3.8) is 0 Å². The lowest BCUT2D eigenvalue weighted by atomic mass is 10.1. The normalized spacial score (nSPS) is 18.0. The maximum Gasteiger partial charge on any atom is 0.268 e. The zero-order valence-electron chi connectivity index (χ0n) is 12.1. The first-order valence-electron chi connectivity index (χ1n) is 7.09. The number of amides is 2. The molecule has 1 N–H and O–H groups in total. The second-order valence-electron chi connectivity index (χ2n) is 5.04. The molecule has 3 heterocycles. The molecule has 0 aliphatic carbocycles. The Hall–Kier alpha value is -2.22. The molecule has 1 aliphatic heterocycles. The Balaban J connectivity index is 1.55. The second kappa shape index (κ2) is 6.27. The molecule has 1 saturated heterocycles. The van der Waals surface area contributed by atoms with Gasteiger partial charge < -0.3 is 14.7 Å². The van der Waals surface area contributed by atoms with Crippen LogP contribution in [0, 0.1) is 5.92 Å². The molecule has 8 heteroatoms. The van der Waals surface area contributed by atoms with E-state index in [1.807, 2.05) is 24.4 Å². The molecule has 1 aliphatic rings. The van der Waals surface area contributed by atoms with Gasteiger partial charge in [-0.25, -0.2) is 0 Å². The van der Waals surface area contributed by atoms with Crippen molar-refractivity contribution in [3.05, 3.63) is 23.3 Å². The predicted molar refractivity (Wildman–Crippen MR) is 79.8 cm³/mol. The highest BCUT2D eigenvalue weighted by atomic mass is 32.1. The van der Waals surface area contributed by atoms with Gasteiger partial charge in [0.05, 0.1) is 17.3 Å². The van der Waals surface area contributed by atoms with E-state index in [4.69, 9.17) is 4.52 Å². The lowest BCUT2D eigenvalue weighted by molar-refractivity contribution is -0.128. The Labute approximate surface area is 131 Å². The van der Waals surface area contributed by atoms with Gasteiger partial charge in [0, 0.05) is 19.5 Å². The molecule has 22 heavy (non-hydrogen) atoms. The topological polar surface area (TPSA) is 88.3 Å². The third kappa shape index (κ3) is 3.01. The number of rotatable bonds is 5. The molecule has 1 fully saturated rings. The molecule has 2 aromatic rings. The van der Waals surface area contributed by atoms with Crippen molar-refractivity contribution in [3.8, 4) is 10.8 Å². The van der Waals surface area contributed by atoms with Crippen LogP contribution in [0.1, 0.15) is 19.2 Å². The zero-order valence-corrected chi connectivity index (χ0v) is 12.9. The summed E-state index contributed by atoms with van der Waals surface area (Å²) in [6.07, 6.45) is 0.270. The van der Waals surface area contributed by atoms with Gasteiger partial charge in [0.15, 0.2) is 5.82 Å². The van der Waals surface area contributed by atoms with Gasteiger partial charge in [0.2, 0.25) is 11.8 Å². The van der Waals surface area contributed by atoms with E-state index >= 15 is 0 Å². The maximum atomic E-state index is 12.1. The predicted octanol–water partition coefficient (Wildman–Crippen LogP) is 1.28. The molecule has 1 unspecified atom stereocenters. The van der Waals surface area contributed by atoms with Crippen LogP contribution in [-0.2, 0) is 16.1 Å². The second-order valence-corrected chi connectivity index (χ2v) is 5.99. The Morgan fingerprint density at radius 2 is 2.45 bits per heavy atom. The fraction of sp³-hybridized carbons (Fsp3) is 0.429. The summed E-state index contributed by atoms with van der Waals surface area (Å²) in [6, 6.07) is 3.80. The van der Waals surface area contributed by atoms with Crippen molar-refractivity contribution in [1.82, 2.24) is 20.4 Å². The van der Waals surface area contributed by atoms with Crippen LogP contribution in [0.2, 0.25) is 0 Å². The highest BCUT2D eigenvalue weighted by Gasteiger charge is 2.33. The number of carbonyl (C=O) groups excluding carboxylic acids is 2. The summed E-state index contributed by atoms with van der Waals surface area (Å²) in [4.78, 5) is 30.5. The maximum absolute atomic E-state index is 12.1. The monoisotopic (exact) mass is 320 g/mol. The number of nitrogens with one attached hydrogen (secondary N) is 1. The summed E-state index contributed by atoms with van der Waals surface area (Å²) in [5.74, 6) is 0.464. The SMILES string of the molecule is CCN1CC(C(=O)NCc2noc(-c3cccs3)n2)CC1=O. The first-order valence-corrected chi connectivity index (χ1v) is 7.97. The molecular formula is C14H16N4O3S. The number of nitrogens with zero attached hydrogens (tertiary/aromatic N) is 3. The highest BCUT2D eigenvalue weighted by molar-refractivity contribution is 7.13. The average molecular weight is 320 g/mol. The van der Waals surface area contributed by atoms with E-state index in [-0.39, 0.29) is 30.7 Å². The largest absolute Gasteiger partial charge is 0.348 e. The number of aromatic nitrogens is 2. The molecular weight excluding hydrogens is 304 g/mol. The number of hydrogen-bond donors (Lipinski definition) is 1. The summed E-state index contributed by atoms with van der Waals surface area (Å²) >= 11 is 1.51. The summed E-state index contributed by atoms with van der Waals surface area (Å²) in [5, 5.41) is 8.54. The van der Waals surface area contributed by atoms with Gasteiger partial charge in [-0.15, -0.1) is 11.3 Å². The fourth-order valence-corrected chi connectivity index (χ4v) is 3.03. The standard InChI is InChI=1S/C14H16N4O3S/c1-2-18-8-9(6-12(18)19)13(20)15-7-11-16-14(21-17-11)10-4-3-5-22-10/h3-5,9H,2,6-8H2,1H3,(H,15,20). The minimum atomic E-state index is -0.295. The van der Waals surface area contributed by atoms with Gasteiger partial charge in [-0.3, -0.25) is 9.59 Å². The summed E-state index contributed by atoms with van der Waals surface area (Å²) in [5.41, 5.74) is 0. The van der Waals surface area contributed by atoms with Crippen molar-refractivity contribution in [2.75, 3.05) is 13.1 Å². The lowest BCUT2D eigenvalue weighted by Gasteiger charge is -2.13. The van der Waals surface area contributed by atoms with E-state index in [2.05, 4.69) is 15.5 Å². The van der Waals surface area contributed by atoms with Crippen molar-refractivity contribution >= 4 is 23.2 Å². The molecule has 0 saturated carbocycles. The lowest BCUT2D eigenvalue weighted by Crippen LogP contribution is -2.32. The van der Waals surface area contributed by atoms with Crippen LogP contribution in [-0.4, -0.2) is 39.9 Å². The quantitative estimate of drug-likeness (QED) is 0.896. The number of thiophene rings is 1. The minimum Gasteiger partial charge on any atom is -0.348 e. The third-order valence-corrected chi connectivity index (χ3v) is 4.45. The molecule has 7 nitrogen and oxygen atoms in total. The van der Waals surface area contributed by atoms with Crippen molar-refractivity contribution in [2.45, 2.75) is 19.9 Å². The van der Waals surface area contributed by atoms with Crippen LogP contribution in [0.15, 0.2) is 22.0 Å². The van der Waals surface area contributed by atoms with Gasteiger partial charge in [-0.05, 0) is 18.4 Å². The Kier molecular flexibility index (Phi) is 4.19. The molecule has 0 bridgehead atoms. The average Bonchev–Trinajstić information content (AvgIpc) is 3.24. The van der Waals surface area contributed by atoms with Gasteiger partial charge in [-0.1, -0.05) is 11.2 Å². The minimum absolute atomic E-state index is 0.0298. The van der Waals surface area contributed by atoms with Crippen molar-refractivity contribution < 1.29 is 14.1 Å². The van der Waals surface area contributed by atoms with Crippen molar-refractivity contribution in [2.24, 2.45) is 5.92 Å². The number of likely N-dealkylation sites (tertiary alicyclic amines) is 1. The van der Waals surface area contributed by atoms with Gasteiger partial charge in [0.25, 0.3) is 5.89 Å². The molecule has 1 atom stereocenters. The van der Waals surface area contributed by atoms with Gasteiger partial charge in [0.1, 0.15) is 0 Å². The van der Waals surface area contributed by atoms with Crippen LogP contribution >= 0.6 is 11.3 Å². The summed E-state index contributed by atoms with van der Waals surface area (Å²) in [6.45, 7) is 3.22. The molecule has 0 aromatic carbocycles. The Morgan fingerprint density at radius 3 is 3.14 bits per heavy atom. The van der Waals surface area contributed by atoms with Gasteiger partial charge in [-0.2, -0.15) is 4.98 Å². The zero-order chi connectivity index (χ0) is 15.5. The van der Waals surface area contributed by atoms with Crippen LogP contribution in [0.4, 0.5) is 0 Å². The van der Waals surface area contributed by atoms with Crippen LogP contribution in [0.3, 0.4) is 0 Å². The van der Waals surface area contributed by atoms with E-state index < -0.39 is 0 Å². The summed E-state index contributed by atoms with van der Waals surface area (Å²) in [7, 11) is 0. The molecule has 2 amide bonds. The van der Waals surface area contributed by atoms with Crippen LogP contribution in [0.25, 0.3) is 10.8 Å². The molecule has 2 aromatic heterocycles. The third-order valence-electron chi connectivity index (χ3n) is 3.59. The first-order chi connectivity index (χ1) is 10.7. The fourth-order valence-electron chi connectivity index (χ4n) is 2.39. The number of hydrogen-bond acceptors (Lipinski definition) is 6. The van der Waals surface area contributed by atoms with E-state index in [1.165, 1.54) is 11.3 Å². The first kappa shape index (κ1) is 14.7. The van der Waals surface area contributed by atoms with Crippen molar-refractivity contribution in [1.29, 1.82) is 0 Å². The molecule has 0 radical (unpaired) electrons. The smallest absolute Gasteiger partial charge is 0.268 e. The van der Waals surface area contributed by atoms with E-state index in [1.54, 1.807) is 4.90 Å². The van der Waals surface area contributed by atoms with E-state index in [0.717, 1.165) is 4.88 Å². The van der Waals surface area contributed by atoms with E-state index in [0.29, 0.717) is 24.8 Å². The molecule has 3 rings (SSSR count). The summed E-state index contributed by atoms with van der Waals surface area (Å²) < 4.78 is 5.15. The number of carbonyl (C=O) groups is 2. The van der Waals surface area contributed by atoms with Crippen LogP contribution in [0.5, 0.6) is 0 Å². The Morgan fingerprint density at radius 1 is 1.59 bits per heavy atom. The molecule has 116 valence electrons. The molecule has 0 spiro atoms. The van der Waals surface area contributed by atoms with E-state index in [9.17, 15) is 9.59 Å². The van der Waals surface area contributed by atoms with Gasteiger partial charge >= 0.3 is 0 Å². The highest BCUT2D eigenvalue weighted by Crippen LogP contribution is 2.22. The van der Waals surface area contributed by atoms with Crippen LogP contribution < -0.4 is 5.32 Å². The Bertz CT molecular complexity index is 667.